The highest BCUT2D eigenvalue weighted by Crippen LogP contribution is 2.22. The number of anilines is 2. The Labute approximate surface area is 120 Å². The van der Waals surface area contributed by atoms with Crippen molar-refractivity contribution in [2.75, 3.05) is 24.2 Å². The van der Waals surface area contributed by atoms with E-state index < -0.39 is 0 Å². The van der Waals surface area contributed by atoms with Crippen LogP contribution in [0.4, 0.5) is 11.4 Å². The van der Waals surface area contributed by atoms with Crippen molar-refractivity contribution in [3.05, 3.63) is 23.8 Å². The van der Waals surface area contributed by atoms with Gasteiger partial charge in [0, 0.05) is 18.2 Å². The lowest BCUT2D eigenvalue weighted by molar-refractivity contribution is 0.0956. The molecule has 0 heterocycles. The molecule has 0 aliphatic carbocycles. The van der Waals surface area contributed by atoms with Gasteiger partial charge in [0.1, 0.15) is 0 Å². The maximum Gasteiger partial charge on any atom is 0.251 e. The second-order valence-electron chi connectivity index (χ2n) is 5.31. The number of aliphatic hydroxyl groups excluding tert-OH is 1. The van der Waals surface area contributed by atoms with E-state index in [4.69, 9.17) is 5.73 Å². The number of nitrogens with one attached hydrogen (secondary N) is 2. The summed E-state index contributed by atoms with van der Waals surface area (Å²) < 4.78 is 0. The van der Waals surface area contributed by atoms with Crippen LogP contribution >= 0.6 is 0 Å². The van der Waals surface area contributed by atoms with Crippen LogP contribution in [0.3, 0.4) is 0 Å². The molecule has 5 N–H and O–H groups in total. The number of amides is 1. The van der Waals surface area contributed by atoms with Gasteiger partial charge in [0.25, 0.3) is 5.91 Å². The molecule has 1 aromatic carbocycles. The molecule has 0 aliphatic rings. The van der Waals surface area contributed by atoms with Crippen LogP contribution in [-0.2, 0) is 0 Å². The Bertz CT molecular complexity index is 447. The molecule has 0 fully saturated rings. The third-order valence-electron chi connectivity index (χ3n) is 2.99. The van der Waals surface area contributed by atoms with Gasteiger partial charge >= 0.3 is 0 Å². The van der Waals surface area contributed by atoms with Gasteiger partial charge in [-0.3, -0.25) is 4.79 Å². The fraction of sp³-hybridized carbons (Fsp3) is 0.533. The number of hydrogen-bond acceptors (Lipinski definition) is 4. The first-order valence-corrected chi connectivity index (χ1v) is 7.03. The van der Waals surface area contributed by atoms with Crippen molar-refractivity contribution in [3.8, 4) is 0 Å². The summed E-state index contributed by atoms with van der Waals surface area (Å²) in [7, 11) is 0. The number of aliphatic hydroxyl groups is 1. The number of benzene rings is 1. The molecule has 1 atom stereocenters. The molecule has 0 spiro atoms. The van der Waals surface area contributed by atoms with Gasteiger partial charge in [-0.15, -0.1) is 0 Å². The van der Waals surface area contributed by atoms with E-state index in [0.717, 1.165) is 6.42 Å². The summed E-state index contributed by atoms with van der Waals surface area (Å²) in [6.07, 6.45) is 0.835. The van der Waals surface area contributed by atoms with Gasteiger partial charge in [-0.05, 0) is 37.5 Å². The number of carbonyl (C=O) groups is 1. The van der Waals surface area contributed by atoms with E-state index in [9.17, 15) is 9.90 Å². The van der Waals surface area contributed by atoms with Crippen LogP contribution in [-0.4, -0.2) is 30.2 Å². The second-order valence-corrected chi connectivity index (χ2v) is 5.31. The van der Waals surface area contributed by atoms with Crippen molar-refractivity contribution in [3.63, 3.8) is 0 Å². The van der Waals surface area contributed by atoms with Crippen molar-refractivity contribution in [1.82, 2.24) is 5.32 Å². The average molecular weight is 279 g/mol. The standard InChI is InChI=1S/C15H25N3O2/c1-4-17-15(20)11-5-6-13(16)14(8-11)18-12(9-19)7-10(2)3/h5-6,8,10,12,18-19H,4,7,9,16H2,1-3H3,(H,17,20). The molecular weight excluding hydrogens is 254 g/mol. The Kier molecular flexibility index (Phi) is 6.31. The van der Waals surface area contributed by atoms with Crippen molar-refractivity contribution >= 4 is 17.3 Å². The van der Waals surface area contributed by atoms with Crippen molar-refractivity contribution in [2.24, 2.45) is 5.92 Å². The third-order valence-corrected chi connectivity index (χ3v) is 2.99. The van der Waals surface area contributed by atoms with Crippen molar-refractivity contribution < 1.29 is 9.90 Å². The molecule has 1 aromatic rings. The van der Waals surface area contributed by atoms with Gasteiger partial charge in [-0.25, -0.2) is 0 Å². The lowest BCUT2D eigenvalue weighted by atomic mass is 10.0. The number of carbonyl (C=O) groups excluding carboxylic acids is 1. The van der Waals surface area contributed by atoms with Gasteiger partial charge in [0.15, 0.2) is 0 Å². The molecular formula is C15H25N3O2. The highest BCUT2D eigenvalue weighted by Gasteiger charge is 2.13. The molecule has 1 rings (SSSR count). The summed E-state index contributed by atoms with van der Waals surface area (Å²) >= 11 is 0. The number of hydrogen-bond donors (Lipinski definition) is 4. The summed E-state index contributed by atoms with van der Waals surface area (Å²) in [6.45, 7) is 6.68. The van der Waals surface area contributed by atoms with E-state index in [1.807, 2.05) is 6.92 Å². The molecule has 0 aliphatic heterocycles. The normalized spacial score (nSPS) is 12.2. The second kappa shape index (κ2) is 7.75. The molecule has 0 radical (unpaired) electrons. The summed E-state index contributed by atoms with van der Waals surface area (Å²) in [6, 6.07) is 5.06. The third kappa shape index (κ3) is 4.74. The molecule has 5 heteroatoms. The molecule has 1 amide bonds. The highest BCUT2D eigenvalue weighted by molar-refractivity contribution is 5.96. The zero-order chi connectivity index (χ0) is 15.1. The monoisotopic (exact) mass is 279 g/mol. The van der Waals surface area contributed by atoms with Crippen molar-refractivity contribution in [1.29, 1.82) is 0 Å². The molecule has 0 bridgehead atoms. The van der Waals surface area contributed by atoms with Gasteiger partial charge in [-0.2, -0.15) is 0 Å². The molecule has 0 saturated heterocycles. The fourth-order valence-electron chi connectivity index (χ4n) is 2.05. The Morgan fingerprint density at radius 1 is 1.40 bits per heavy atom. The lowest BCUT2D eigenvalue weighted by Gasteiger charge is -2.21. The number of nitrogens with two attached hydrogens (primary N) is 1. The smallest absolute Gasteiger partial charge is 0.251 e. The molecule has 112 valence electrons. The van der Waals surface area contributed by atoms with E-state index in [1.165, 1.54) is 0 Å². The van der Waals surface area contributed by atoms with E-state index in [-0.39, 0.29) is 18.6 Å². The topological polar surface area (TPSA) is 87.4 Å². The van der Waals surface area contributed by atoms with Gasteiger partial charge in [0.2, 0.25) is 0 Å². The minimum Gasteiger partial charge on any atom is -0.397 e. The van der Waals surface area contributed by atoms with E-state index in [1.54, 1.807) is 18.2 Å². The van der Waals surface area contributed by atoms with Crippen LogP contribution in [0.1, 0.15) is 37.6 Å². The molecule has 1 unspecified atom stereocenters. The van der Waals surface area contributed by atoms with Gasteiger partial charge in [0.05, 0.1) is 18.0 Å². The average Bonchev–Trinajstić information content (AvgIpc) is 2.40. The quantitative estimate of drug-likeness (QED) is 0.574. The first-order valence-electron chi connectivity index (χ1n) is 7.03. The van der Waals surface area contributed by atoms with E-state index >= 15 is 0 Å². The first kappa shape index (κ1) is 16.3. The molecule has 20 heavy (non-hydrogen) atoms. The zero-order valence-electron chi connectivity index (χ0n) is 12.4. The Morgan fingerprint density at radius 3 is 2.65 bits per heavy atom. The maximum atomic E-state index is 11.8. The van der Waals surface area contributed by atoms with Crippen LogP contribution in [0, 0.1) is 5.92 Å². The van der Waals surface area contributed by atoms with Crippen LogP contribution in [0.2, 0.25) is 0 Å². The summed E-state index contributed by atoms with van der Waals surface area (Å²) in [5.74, 6) is 0.340. The van der Waals surface area contributed by atoms with Gasteiger partial charge in [-0.1, -0.05) is 13.8 Å². The first-order chi connectivity index (χ1) is 9.47. The molecule has 0 saturated carbocycles. The fourth-order valence-corrected chi connectivity index (χ4v) is 2.05. The maximum absolute atomic E-state index is 11.8. The number of rotatable bonds is 7. The van der Waals surface area contributed by atoms with Crippen LogP contribution in [0.15, 0.2) is 18.2 Å². The highest BCUT2D eigenvalue weighted by atomic mass is 16.3. The number of nitrogen functional groups attached to an aromatic ring is 1. The molecule has 5 nitrogen and oxygen atoms in total. The van der Waals surface area contributed by atoms with Crippen LogP contribution in [0.25, 0.3) is 0 Å². The zero-order valence-corrected chi connectivity index (χ0v) is 12.4. The predicted molar refractivity (Wildman–Crippen MR) is 82.8 cm³/mol. The summed E-state index contributed by atoms with van der Waals surface area (Å²) in [5, 5.41) is 15.4. The lowest BCUT2D eigenvalue weighted by Crippen LogP contribution is -2.27. The molecule has 0 aromatic heterocycles. The SMILES string of the molecule is CCNC(=O)c1ccc(N)c(NC(CO)CC(C)C)c1. The minimum absolute atomic E-state index is 0.0308. The van der Waals surface area contributed by atoms with Crippen LogP contribution < -0.4 is 16.4 Å². The van der Waals surface area contributed by atoms with Crippen LogP contribution in [0.5, 0.6) is 0 Å². The summed E-state index contributed by atoms with van der Waals surface area (Å²) in [4.78, 5) is 11.8. The summed E-state index contributed by atoms with van der Waals surface area (Å²) in [5.41, 5.74) is 7.74. The predicted octanol–water partition coefficient (Wildman–Crippen LogP) is 1.84. The minimum atomic E-state index is -0.125. The Morgan fingerprint density at radius 2 is 2.10 bits per heavy atom. The van der Waals surface area contributed by atoms with E-state index in [0.29, 0.717) is 29.4 Å². The Hall–Kier alpha value is -1.75. The Balaban J connectivity index is 2.87. The van der Waals surface area contributed by atoms with Crippen molar-refractivity contribution in [2.45, 2.75) is 33.2 Å². The largest absolute Gasteiger partial charge is 0.397 e. The van der Waals surface area contributed by atoms with E-state index in [2.05, 4.69) is 24.5 Å². The van der Waals surface area contributed by atoms with Gasteiger partial charge < -0.3 is 21.5 Å².